The minimum Gasteiger partial charge on any atom is -0.172 e. The number of unbranched alkanes of at least 4 members (excludes halogenated alkanes) is 4. The van der Waals surface area contributed by atoms with Crippen molar-refractivity contribution in [3.05, 3.63) is 107 Å². The first kappa shape index (κ1) is 57.5. The zero-order chi connectivity index (χ0) is 53.7. The molecule has 5 aromatic carbocycles. The fourth-order valence-electron chi connectivity index (χ4n) is 14.4. The average molecular weight is 1060 g/mol. The van der Waals surface area contributed by atoms with Crippen LogP contribution in [0.15, 0.2) is 84.9 Å². The van der Waals surface area contributed by atoms with E-state index in [0.717, 1.165) is 11.0 Å². The van der Waals surface area contributed by atoms with Crippen molar-refractivity contribution in [2.75, 3.05) is 0 Å². The summed E-state index contributed by atoms with van der Waals surface area (Å²) in [6, 6.07) is 35.6. The molecule has 0 saturated heterocycles. The lowest BCUT2D eigenvalue weighted by molar-refractivity contribution is 0.266. The largest absolute Gasteiger partial charge is 0.172 e. The zero-order valence-corrected chi connectivity index (χ0v) is 52.7. The second kappa shape index (κ2) is 24.6. The fraction of sp³-hybridized carbons (Fsp3) is 0.571. The summed E-state index contributed by atoms with van der Waals surface area (Å²) in [7, 11) is -3.16. The maximum atomic E-state index is 5.24. The third-order valence-corrected chi connectivity index (χ3v) is 23.8. The van der Waals surface area contributed by atoms with Crippen LogP contribution in [0.2, 0.25) is 39.3 Å². The Hall–Kier alpha value is -3.65. The smallest absolute Gasteiger partial charge is 0.113 e. The quantitative estimate of drug-likeness (QED) is 0.0458. The highest BCUT2D eigenvalue weighted by Gasteiger charge is 2.48. The molecule has 0 fully saturated rings. The number of fused-ring (bicyclic) bond motifs is 7. The maximum absolute atomic E-state index is 5.24. The topological polar surface area (TPSA) is 25.8 Å². The number of rotatable bonds is 28. The highest BCUT2D eigenvalue weighted by Crippen LogP contribution is 2.59. The molecule has 404 valence electrons. The van der Waals surface area contributed by atoms with Crippen LogP contribution in [0.5, 0.6) is 0 Å². The number of hydrogen-bond donors (Lipinski definition) is 0. The van der Waals surface area contributed by atoms with Crippen molar-refractivity contribution in [1.29, 1.82) is 0 Å². The predicted molar refractivity (Wildman–Crippen MR) is 338 cm³/mol. The molecule has 5 heteroatoms. The molecule has 0 spiro atoms. The average Bonchev–Trinajstić information content (AvgIpc) is 4.10. The molecule has 2 aliphatic carbocycles. The minimum atomic E-state index is -1.58. The summed E-state index contributed by atoms with van der Waals surface area (Å²) in [5.41, 5.74) is 19.4. The van der Waals surface area contributed by atoms with Gasteiger partial charge in [0.1, 0.15) is 11.0 Å². The third-order valence-electron chi connectivity index (χ3n) is 19.2. The molecular formula is C70H100N2SSi2. The van der Waals surface area contributed by atoms with Crippen LogP contribution in [-0.2, 0) is 10.8 Å². The van der Waals surface area contributed by atoms with Gasteiger partial charge in [0.2, 0.25) is 0 Å². The second-order valence-corrected chi connectivity index (χ2v) is 37.0. The second-order valence-electron chi connectivity index (χ2n) is 26.3. The van der Waals surface area contributed by atoms with Crippen LogP contribution in [0, 0.1) is 23.7 Å². The van der Waals surface area contributed by atoms with Crippen molar-refractivity contribution < 1.29 is 0 Å². The molecule has 0 N–H and O–H groups in total. The van der Waals surface area contributed by atoms with Crippen molar-refractivity contribution in [3.8, 4) is 44.5 Å². The van der Waals surface area contributed by atoms with Gasteiger partial charge in [-0.1, -0.05) is 281 Å². The first-order chi connectivity index (χ1) is 36.0. The Morgan fingerprint density at radius 2 is 0.653 bits per heavy atom. The van der Waals surface area contributed by atoms with Gasteiger partial charge in [0.05, 0.1) is 27.9 Å². The molecule has 1 heterocycles. The van der Waals surface area contributed by atoms with Crippen LogP contribution in [0.1, 0.15) is 206 Å². The Labute approximate surface area is 464 Å². The molecule has 0 saturated carbocycles. The van der Waals surface area contributed by atoms with E-state index in [1.54, 1.807) is 32.6 Å². The van der Waals surface area contributed by atoms with Gasteiger partial charge in [-0.2, -0.15) is 8.75 Å². The van der Waals surface area contributed by atoms with E-state index in [2.05, 4.69) is 180 Å². The molecule has 4 unspecified atom stereocenters. The van der Waals surface area contributed by atoms with Crippen molar-refractivity contribution in [2.24, 2.45) is 23.7 Å². The molecule has 1 aromatic heterocycles. The van der Waals surface area contributed by atoms with Gasteiger partial charge >= 0.3 is 0 Å². The van der Waals surface area contributed by atoms with Crippen molar-refractivity contribution in [1.82, 2.24) is 8.75 Å². The zero-order valence-electron chi connectivity index (χ0n) is 49.8. The first-order valence-corrected chi connectivity index (χ1v) is 38.6. The van der Waals surface area contributed by atoms with E-state index < -0.39 is 16.1 Å². The summed E-state index contributed by atoms with van der Waals surface area (Å²) in [5, 5.41) is 3.19. The van der Waals surface area contributed by atoms with Crippen LogP contribution in [-0.4, -0.2) is 24.9 Å². The number of benzene rings is 5. The predicted octanol–water partition coefficient (Wildman–Crippen LogP) is 21.1. The molecule has 75 heavy (non-hydrogen) atoms. The SMILES string of the molecule is CCCCC(CC)CC1(CC(CC)CCCC)c2cc(-c3ccc(-c4ccc5c(c4)C(CC(CC)CCCC)(CC(CC)CCCC)c4cc([Si](C)(C)C)ccc4-5)c4nsnc34)ccc2-c2ccc([Si](C)(C)C)cc21. The summed E-state index contributed by atoms with van der Waals surface area (Å²) in [6.45, 7) is 34.6. The molecule has 0 bridgehead atoms. The lowest BCUT2D eigenvalue weighted by atomic mass is 9.65. The monoisotopic (exact) mass is 1060 g/mol. The third kappa shape index (κ3) is 11.7. The molecule has 0 aliphatic heterocycles. The van der Waals surface area contributed by atoms with Gasteiger partial charge in [-0.05, 0) is 117 Å². The van der Waals surface area contributed by atoms with Crippen LogP contribution in [0.3, 0.4) is 0 Å². The standard InChI is InChI=1S/C70H100N2SSi2/c1-15-23-27-49(19-5)45-69(46-50(20-6)28-24-16-2)63-41-53(31-35-59(63)61-37-33-55(43-65(61)69)74(9,10)11)57-39-40-58(68-67(57)71-73-72-68)54-32-36-60-62-38-34-56(75(12,13)14)44-66(62)70(64(60)42-54,47-51(21-7)29-25-17-3)48-52(22-8)30-26-18-4/h31-44,49-52H,15-30,45-48H2,1-14H3. The van der Waals surface area contributed by atoms with Gasteiger partial charge in [-0.15, -0.1) is 0 Å². The summed E-state index contributed by atoms with van der Waals surface area (Å²) in [5.74, 6) is 2.76. The summed E-state index contributed by atoms with van der Waals surface area (Å²) >= 11 is 1.39. The van der Waals surface area contributed by atoms with E-state index in [1.165, 1.54) is 185 Å². The highest BCUT2D eigenvalue weighted by molar-refractivity contribution is 7.00. The number of nitrogens with zero attached hydrogens (tertiary/aromatic N) is 2. The first-order valence-electron chi connectivity index (χ1n) is 30.9. The van der Waals surface area contributed by atoms with Crippen molar-refractivity contribution in [2.45, 2.75) is 234 Å². The normalized spacial score (nSPS) is 18.7. The number of hydrogen-bond acceptors (Lipinski definition) is 3. The highest BCUT2D eigenvalue weighted by atomic mass is 32.1. The fourth-order valence-corrected chi connectivity index (χ4v) is 17.3. The maximum Gasteiger partial charge on any atom is 0.113 e. The Balaban J connectivity index is 1.30. The molecule has 0 amide bonds. The van der Waals surface area contributed by atoms with E-state index >= 15 is 0 Å². The Bertz CT molecular complexity index is 2630. The Morgan fingerprint density at radius 3 is 0.933 bits per heavy atom. The Kier molecular flexibility index (Phi) is 18.8. The molecule has 0 radical (unpaired) electrons. The Morgan fingerprint density at radius 1 is 0.373 bits per heavy atom. The van der Waals surface area contributed by atoms with E-state index in [9.17, 15) is 0 Å². The minimum absolute atomic E-state index is 0.0243. The van der Waals surface area contributed by atoms with Crippen molar-refractivity contribution >= 4 is 49.3 Å². The van der Waals surface area contributed by atoms with E-state index in [1.807, 2.05) is 0 Å². The summed E-state index contributed by atoms with van der Waals surface area (Å²) < 4.78 is 10.5. The molecular weight excluding hydrogens is 957 g/mol. The molecule has 4 atom stereocenters. The van der Waals surface area contributed by atoms with Gasteiger partial charge < -0.3 is 0 Å². The molecule has 6 aromatic rings. The van der Waals surface area contributed by atoms with Crippen LogP contribution < -0.4 is 10.4 Å². The van der Waals surface area contributed by atoms with Gasteiger partial charge in [-0.3, -0.25) is 0 Å². The lowest BCUT2D eigenvalue weighted by Crippen LogP contribution is -2.39. The summed E-state index contributed by atoms with van der Waals surface area (Å²) in [4.78, 5) is 0. The number of aromatic nitrogens is 2. The van der Waals surface area contributed by atoms with E-state index in [4.69, 9.17) is 8.75 Å². The van der Waals surface area contributed by atoms with Crippen LogP contribution in [0.25, 0.3) is 55.5 Å². The summed E-state index contributed by atoms with van der Waals surface area (Å²) in [6.07, 6.45) is 25.4. The van der Waals surface area contributed by atoms with Gasteiger partial charge in [0.25, 0.3) is 0 Å². The van der Waals surface area contributed by atoms with Crippen LogP contribution >= 0.6 is 11.7 Å². The van der Waals surface area contributed by atoms with Gasteiger partial charge in [0, 0.05) is 22.0 Å². The van der Waals surface area contributed by atoms with E-state index in [-0.39, 0.29) is 10.8 Å². The van der Waals surface area contributed by atoms with Crippen LogP contribution in [0.4, 0.5) is 0 Å². The van der Waals surface area contributed by atoms with Gasteiger partial charge in [-0.25, -0.2) is 0 Å². The molecule has 8 rings (SSSR count). The lowest BCUT2D eigenvalue weighted by Gasteiger charge is -2.39. The molecule has 2 nitrogen and oxygen atoms in total. The molecule has 2 aliphatic rings. The van der Waals surface area contributed by atoms with Gasteiger partial charge in [0.15, 0.2) is 0 Å². The van der Waals surface area contributed by atoms with Crippen molar-refractivity contribution in [3.63, 3.8) is 0 Å². The van der Waals surface area contributed by atoms with E-state index in [0.29, 0.717) is 23.7 Å².